The lowest BCUT2D eigenvalue weighted by molar-refractivity contribution is -0.122. The summed E-state index contributed by atoms with van der Waals surface area (Å²) < 4.78 is 5.85. The van der Waals surface area contributed by atoms with Crippen LogP contribution in [-0.4, -0.2) is 29.8 Å². The van der Waals surface area contributed by atoms with Crippen molar-refractivity contribution in [2.45, 2.75) is 51.7 Å². The molecule has 2 atom stereocenters. The molecule has 2 unspecified atom stereocenters. The maximum absolute atomic E-state index is 12.4. The first-order chi connectivity index (χ1) is 12.6. The van der Waals surface area contributed by atoms with Gasteiger partial charge >= 0.3 is 0 Å². The molecule has 0 heterocycles. The second kappa shape index (κ2) is 10.6. The minimum atomic E-state index is -0.0863. The fourth-order valence-electron chi connectivity index (χ4n) is 2.67. The Morgan fingerprint density at radius 2 is 1.77 bits per heavy atom. The molecular formula is C22H29NO3. The summed E-state index contributed by atoms with van der Waals surface area (Å²) in [5, 5.41) is 12.5. The summed E-state index contributed by atoms with van der Waals surface area (Å²) in [6, 6.07) is 17.0. The fraction of sp³-hybridized carbons (Fsp3) is 0.409. The van der Waals surface area contributed by atoms with Crippen LogP contribution in [0.25, 0.3) is 0 Å². The monoisotopic (exact) mass is 355 g/mol. The van der Waals surface area contributed by atoms with E-state index >= 15 is 0 Å². The second-order valence-corrected chi connectivity index (χ2v) is 6.67. The highest BCUT2D eigenvalue weighted by Crippen LogP contribution is 2.12. The van der Waals surface area contributed by atoms with Crippen molar-refractivity contribution in [1.29, 1.82) is 0 Å². The second-order valence-electron chi connectivity index (χ2n) is 6.67. The van der Waals surface area contributed by atoms with E-state index in [1.165, 1.54) is 0 Å². The van der Waals surface area contributed by atoms with Crippen molar-refractivity contribution in [3.63, 3.8) is 0 Å². The Labute approximate surface area is 156 Å². The molecule has 26 heavy (non-hydrogen) atoms. The van der Waals surface area contributed by atoms with Crippen LogP contribution in [0.5, 0.6) is 5.75 Å². The zero-order valence-electron chi connectivity index (χ0n) is 15.7. The van der Waals surface area contributed by atoms with Crippen molar-refractivity contribution in [2.24, 2.45) is 0 Å². The number of phenols is 1. The van der Waals surface area contributed by atoms with E-state index in [2.05, 4.69) is 12.2 Å². The van der Waals surface area contributed by atoms with E-state index in [0.29, 0.717) is 19.4 Å². The summed E-state index contributed by atoms with van der Waals surface area (Å²) in [5.74, 6) is 0.276. The third-order valence-electron chi connectivity index (χ3n) is 4.42. The maximum Gasteiger partial charge on any atom is 0.220 e. The van der Waals surface area contributed by atoms with E-state index < -0.39 is 0 Å². The molecule has 0 spiro atoms. The van der Waals surface area contributed by atoms with Crippen LogP contribution < -0.4 is 5.32 Å². The van der Waals surface area contributed by atoms with E-state index in [1.54, 1.807) is 12.1 Å². The van der Waals surface area contributed by atoms with E-state index in [-0.39, 0.29) is 23.8 Å². The van der Waals surface area contributed by atoms with Crippen LogP contribution in [0, 0.1) is 0 Å². The summed E-state index contributed by atoms with van der Waals surface area (Å²) in [6.07, 6.45) is 2.96. The summed E-state index contributed by atoms with van der Waals surface area (Å²) >= 11 is 0. The quantitative estimate of drug-likeness (QED) is 0.680. The van der Waals surface area contributed by atoms with Crippen molar-refractivity contribution in [1.82, 2.24) is 5.32 Å². The number of aryl methyl sites for hydroxylation is 1. The van der Waals surface area contributed by atoms with Crippen LogP contribution >= 0.6 is 0 Å². The molecule has 140 valence electrons. The molecule has 2 aromatic carbocycles. The molecule has 0 saturated heterocycles. The lowest BCUT2D eigenvalue weighted by atomic mass is 10.1. The Kier molecular flexibility index (Phi) is 8.16. The zero-order valence-corrected chi connectivity index (χ0v) is 15.7. The van der Waals surface area contributed by atoms with Gasteiger partial charge in [0.15, 0.2) is 0 Å². The van der Waals surface area contributed by atoms with Gasteiger partial charge in [-0.3, -0.25) is 4.79 Å². The Morgan fingerprint density at radius 3 is 2.42 bits per heavy atom. The number of amides is 1. The lowest BCUT2D eigenvalue weighted by Crippen LogP contribution is -2.40. The largest absolute Gasteiger partial charge is 0.508 e. The van der Waals surface area contributed by atoms with Crippen molar-refractivity contribution >= 4 is 5.91 Å². The highest BCUT2D eigenvalue weighted by Gasteiger charge is 2.15. The molecule has 0 aromatic heterocycles. The first-order valence-electron chi connectivity index (χ1n) is 9.29. The molecule has 2 aromatic rings. The van der Waals surface area contributed by atoms with Gasteiger partial charge in [-0.1, -0.05) is 49.4 Å². The maximum atomic E-state index is 12.4. The van der Waals surface area contributed by atoms with Crippen LogP contribution in [-0.2, 0) is 22.4 Å². The Balaban J connectivity index is 1.91. The van der Waals surface area contributed by atoms with Crippen LogP contribution in [0.2, 0.25) is 0 Å². The molecule has 0 bridgehead atoms. The Hall–Kier alpha value is -2.33. The molecule has 4 nitrogen and oxygen atoms in total. The molecule has 0 fully saturated rings. The molecule has 1 amide bonds. The van der Waals surface area contributed by atoms with Gasteiger partial charge in [-0.15, -0.1) is 0 Å². The zero-order chi connectivity index (χ0) is 18.8. The normalized spacial score (nSPS) is 13.2. The minimum absolute atomic E-state index is 0.0328. The third-order valence-corrected chi connectivity index (χ3v) is 4.42. The fourth-order valence-corrected chi connectivity index (χ4v) is 2.67. The summed E-state index contributed by atoms with van der Waals surface area (Å²) in [7, 11) is 0. The predicted molar refractivity (Wildman–Crippen MR) is 104 cm³/mol. The van der Waals surface area contributed by atoms with Gasteiger partial charge in [-0.25, -0.2) is 0 Å². The van der Waals surface area contributed by atoms with Crippen LogP contribution in [0.1, 0.15) is 37.8 Å². The number of ether oxygens (including phenoxy) is 1. The van der Waals surface area contributed by atoms with Crippen molar-refractivity contribution in [3.8, 4) is 5.75 Å². The molecule has 0 aliphatic carbocycles. The van der Waals surface area contributed by atoms with E-state index in [0.717, 1.165) is 24.0 Å². The molecule has 2 rings (SSSR count). The molecule has 2 N–H and O–H groups in total. The van der Waals surface area contributed by atoms with Gasteiger partial charge in [0.25, 0.3) is 0 Å². The SMILES string of the molecule is CCC(C)OCC(Cc1ccc(O)cc1)NC(=O)CCc1ccccc1. The Bertz CT molecular complexity index is 655. The van der Waals surface area contributed by atoms with Gasteiger partial charge in [0.1, 0.15) is 5.75 Å². The first kappa shape index (κ1) is 20.0. The number of hydrogen-bond donors (Lipinski definition) is 2. The van der Waals surface area contributed by atoms with E-state index in [4.69, 9.17) is 4.74 Å². The third kappa shape index (κ3) is 7.28. The number of benzene rings is 2. The number of carbonyl (C=O) groups is 1. The Morgan fingerprint density at radius 1 is 1.08 bits per heavy atom. The number of nitrogens with one attached hydrogen (secondary N) is 1. The first-order valence-corrected chi connectivity index (χ1v) is 9.29. The van der Waals surface area contributed by atoms with Gasteiger partial charge in [-0.05, 0) is 49.4 Å². The number of phenolic OH excluding ortho intramolecular Hbond substituents is 1. The standard InChI is InChI=1S/C22H29NO3/c1-3-17(2)26-16-20(15-19-9-12-21(24)13-10-19)23-22(25)14-11-18-7-5-4-6-8-18/h4-10,12-13,17,20,24H,3,11,14-16H2,1-2H3,(H,23,25). The molecule has 4 heteroatoms. The number of hydrogen-bond acceptors (Lipinski definition) is 3. The number of rotatable bonds is 10. The van der Waals surface area contributed by atoms with Gasteiger partial charge in [0, 0.05) is 6.42 Å². The summed E-state index contributed by atoms with van der Waals surface area (Å²) in [5.41, 5.74) is 2.22. The van der Waals surface area contributed by atoms with Gasteiger partial charge < -0.3 is 15.2 Å². The summed E-state index contributed by atoms with van der Waals surface area (Å²) in [6.45, 7) is 4.60. The predicted octanol–water partition coefficient (Wildman–Crippen LogP) is 3.87. The average Bonchev–Trinajstić information content (AvgIpc) is 2.66. The van der Waals surface area contributed by atoms with Gasteiger partial charge in [-0.2, -0.15) is 0 Å². The van der Waals surface area contributed by atoms with Crippen molar-refractivity contribution in [3.05, 3.63) is 65.7 Å². The van der Waals surface area contributed by atoms with Crippen LogP contribution in [0.4, 0.5) is 0 Å². The smallest absolute Gasteiger partial charge is 0.220 e. The van der Waals surface area contributed by atoms with Crippen molar-refractivity contribution in [2.75, 3.05) is 6.61 Å². The van der Waals surface area contributed by atoms with Gasteiger partial charge in [0.2, 0.25) is 5.91 Å². The molecule has 0 saturated carbocycles. The molecular weight excluding hydrogens is 326 g/mol. The van der Waals surface area contributed by atoms with Crippen LogP contribution in [0.3, 0.4) is 0 Å². The van der Waals surface area contributed by atoms with Crippen LogP contribution in [0.15, 0.2) is 54.6 Å². The highest BCUT2D eigenvalue weighted by atomic mass is 16.5. The van der Waals surface area contributed by atoms with Gasteiger partial charge in [0.05, 0.1) is 18.8 Å². The molecule has 0 aliphatic heterocycles. The van der Waals surface area contributed by atoms with E-state index in [1.807, 2.05) is 49.4 Å². The summed E-state index contributed by atoms with van der Waals surface area (Å²) in [4.78, 5) is 12.4. The molecule has 0 radical (unpaired) electrons. The lowest BCUT2D eigenvalue weighted by Gasteiger charge is -2.21. The van der Waals surface area contributed by atoms with Crippen molar-refractivity contribution < 1.29 is 14.6 Å². The van der Waals surface area contributed by atoms with E-state index in [9.17, 15) is 9.90 Å². The number of carbonyl (C=O) groups excluding carboxylic acids is 1. The molecule has 0 aliphatic rings. The minimum Gasteiger partial charge on any atom is -0.508 e. The average molecular weight is 355 g/mol. The number of aromatic hydroxyl groups is 1. The topological polar surface area (TPSA) is 58.6 Å². The highest BCUT2D eigenvalue weighted by molar-refractivity contribution is 5.76.